The average molecular weight is 340 g/mol. The van der Waals surface area contributed by atoms with E-state index in [1.165, 1.54) is 11.8 Å². The number of hydrogen-bond acceptors (Lipinski definition) is 7. The monoisotopic (exact) mass is 340 g/mol. The molecule has 11 heteroatoms. The Labute approximate surface area is 170 Å². The molecule has 1 amide bonds. The van der Waals surface area contributed by atoms with Crippen molar-refractivity contribution in [2.24, 2.45) is 0 Å². The summed E-state index contributed by atoms with van der Waals surface area (Å²) in [4.78, 5) is 32.4. The van der Waals surface area contributed by atoms with Gasteiger partial charge in [-0.25, -0.2) is 0 Å². The summed E-state index contributed by atoms with van der Waals surface area (Å²) in [6, 6.07) is -1.32. The van der Waals surface area contributed by atoms with Gasteiger partial charge in [-0.1, -0.05) is 0 Å². The second kappa shape index (κ2) is 15.6. The van der Waals surface area contributed by atoms with E-state index in [9.17, 15) is 24.6 Å². The molecule has 0 bridgehead atoms. The summed E-state index contributed by atoms with van der Waals surface area (Å²) >= 11 is 1.19. The van der Waals surface area contributed by atoms with Gasteiger partial charge in [0.15, 0.2) is 0 Å². The van der Waals surface area contributed by atoms with E-state index >= 15 is 0 Å². The van der Waals surface area contributed by atoms with Crippen molar-refractivity contribution in [2.75, 3.05) is 18.1 Å². The van der Waals surface area contributed by atoms with Crippen molar-refractivity contribution in [1.29, 1.82) is 0 Å². The van der Waals surface area contributed by atoms with E-state index < -0.39 is 36.4 Å². The second-order valence-corrected chi connectivity index (χ2v) is 4.80. The van der Waals surface area contributed by atoms with Gasteiger partial charge in [0, 0.05) is 12.4 Å². The summed E-state index contributed by atoms with van der Waals surface area (Å²) in [7, 11) is 0. The fraction of sp³-hybridized carbons (Fsp3) is 0.700. The summed E-state index contributed by atoms with van der Waals surface area (Å²) in [5.74, 6) is -3.45. The molecule has 0 aromatic rings. The number of carboxylic acid groups (broad SMARTS) is 2. The summed E-state index contributed by atoms with van der Waals surface area (Å²) in [6.07, 6.45) is -2.12. The van der Waals surface area contributed by atoms with Crippen molar-refractivity contribution >= 4 is 29.6 Å². The number of carboxylic acids is 2. The van der Waals surface area contributed by atoms with E-state index in [0.717, 1.165) is 0 Å². The number of nitrogens with one attached hydrogen (secondary N) is 1. The minimum atomic E-state index is -1.80. The number of thioether (sulfide) groups is 1. The van der Waals surface area contributed by atoms with Gasteiger partial charge in [0.1, 0.15) is 6.10 Å². The Balaban J connectivity index is -0.00000162. The van der Waals surface area contributed by atoms with Crippen LogP contribution >= 0.6 is 11.8 Å². The van der Waals surface area contributed by atoms with Crippen molar-refractivity contribution in [3.63, 3.8) is 0 Å². The topological polar surface area (TPSA) is 147 Å². The zero-order valence-electron chi connectivity index (χ0n) is 12.1. The van der Waals surface area contributed by atoms with Crippen LogP contribution in [0, 0.1) is 0 Å². The number of aliphatic carboxylic acids is 2. The van der Waals surface area contributed by atoms with Crippen LogP contribution < -0.4 is 69.5 Å². The van der Waals surface area contributed by atoms with Gasteiger partial charge in [0.05, 0.1) is 18.4 Å². The zero-order chi connectivity index (χ0) is 14.8. The molecule has 110 valence electrons. The SMILES string of the molecule is O=C(O)C[C@@H](O)C(=O)N[C@@H](CSCCCO)C(=O)[O-].[Na+].[Na+]. The first-order valence-corrected chi connectivity index (χ1v) is 6.63. The molecule has 0 saturated carbocycles. The van der Waals surface area contributed by atoms with Crippen LogP contribution in [0.3, 0.4) is 0 Å². The molecular formula is C10H16NNa2O7S+. The molecule has 0 fully saturated rings. The van der Waals surface area contributed by atoms with Crippen LogP contribution in [0.5, 0.6) is 0 Å². The number of hydrogen-bond donors (Lipinski definition) is 4. The predicted octanol–water partition coefficient (Wildman–Crippen LogP) is -8.82. The number of carbonyl (C=O) groups is 3. The van der Waals surface area contributed by atoms with E-state index in [4.69, 9.17) is 10.2 Å². The van der Waals surface area contributed by atoms with E-state index in [2.05, 4.69) is 0 Å². The number of amides is 1. The molecule has 0 saturated heterocycles. The number of carbonyl (C=O) groups excluding carboxylic acids is 2. The van der Waals surface area contributed by atoms with Gasteiger partial charge in [-0.05, 0) is 12.2 Å². The molecule has 8 nitrogen and oxygen atoms in total. The Hall–Kier alpha value is 0.680. The molecule has 0 aromatic heterocycles. The third-order valence-corrected chi connectivity index (χ3v) is 3.15. The molecule has 0 aliphatic rings. The Morgan fingerprint density at radius 1 is 1.24 bits per heavy atom. The summed E-state index contributed by atoms with van der Waals surface area (Å²) in [5.41, 5.74) is 0. The van der Waals surface area contributed by atoms with Crippen molar-refractivity contribution in [2.45, 2.75) is 25.0 Å². The molecular weight excluding hydrogens is 324 g/mol. The van der Waals surface area contributed by atoms with E-state index in [-0.39, 0.29) is 71.5 Å². The van der Waals surface area contributed by atoms with Crippen molar-refractivity contribution in [3.8, 4) is 0 Å². The van der Waals surface area contributed by atoms with Crippen LogP contribution in [-0.2, 0) is 14.4 Å². The fourth-order valence-corrected chi connectivity index (χ4v) is 2.02. The van der Waals surface area contributed by atoms with Crippen LogP contribution in [0.4, 0.5) is 0 Å². The van der Waals surface area contributed by atoms with Gasteiger partial charge < -0.3 is 30.5 Å². The minimum absolute atomic E-state index is 0. The normalized spacial score (nSPS) is 12.3. The van der Waals surface area contributed by atoms with E-state index in [0.29, 0.717) is 12.2 Å². The molecule has 21 heavy (non-hydrogen) atoms. The maximum absolute atomic E-state index is 11.3. The summed E-state index contributed by atoms with van der Waals surface area (Å²) < 4.78 is 0. The summed E-state index contributed by atoms with van der Waals surface area (Å²) in [5, 5.41) is 38.9. The smallest absolute Gasteiger partial charge is 0.548 e. The Kier molecular flexibility index (Phi) is 19.7. The first kappa shape index (κ1) is 26.6. The molecule has 0 spiro atoms. The van der Waals surface area contributed by atoms with E-state index in [1.807, 2.05) is 5.32 Å². The van der Waals surface area contributed by atoms with Crippen LogP contribution in [0.25, 0.3) is 0 Å². The van der Waals surface area contributed by atoms with Gasteiger partial charge in [-0.3, -0.25) is 9.59 Å². The Morgan fingerprint density at radius 2 is 1.81 bits per heavy atom. The van der Waals surface area contributed by atoms with Crippen molar-refractivity contribution in [1.82, 2.24) is 5.32 Å². The first-order chi connectivity index (χ1) is 8.88. The maximum Gasteiger partial charge on any atom is 1.00 e. The molecule has 0 rings (SSSR count). The van der Waals surface area contributed by atoms with Gasteiger partial charge >= 0.3 is 65.1 Å². The standard InChI is InChI=1S/C10H17NO7S.2Na/c12-2-1-3-19-5-6(10(17)18)11-9(16)7(13)4-8(14)15;;/h6-7,12-13H,1-5H2,(H,11,16)(H,14,15)(H,17,18);;/q;2*+1/p-1/t6-,7+;;/m0../s1. The maximum atomic E-state index is 11.3. The largest absolute Gasteiger partial charge is 1.00 e. The Morgan fingerprint density at radius 3 is 2.24 bits per heavy atom. The molecule has 0 unspecified atom stereocenters. The van der Waals surface area contributed by atoms with Crippen LogP contribution in [0.1, 0.15) is 12.8 Å². The summed E-state index contributed by atoms with van der Waals surface area (Å²) in [6.45, 7) is -0.0212. The van der Waals surface area contributed by atoms with Crippen molar-refractivity contribution in [3.05, 3.63) is 0 Å². The van der Waals surface area contributed by atoms with Gasteiger partial charge in [-0.2, -0.15) is 11.8 Å². The zero-order valence-corrected chi connectivity index (χ0v) is 16.9. The molecule has 0 radical (unpaired) electrons. The fourth-order valence-electron chi connectivity index (χ4n) is 1.06. The molecule has 2 atom stereocenters. The molecule has 4 N–H and O–H groups in total. The third kappa shape index (κ3) is 14.0. The first-order valence-electron chi connectivity index (χ1n) is 5.48. The van der Waals surface area contributed by atoms with Gasteiger partial charge in [-0.15, -0.1) is 0 Å². The minimum Gasteiger partial charge on any atom is -0.548 e. The molecule has 0 heterocycles. The van der Waals surface area contributed by atoms with Gasteiger partial charge in [0.2, 0.25) is 5.91 Å². The van der Waals surface area contributed by atoms with Gasteiger partial charge in [0.25, 0.3) is 0 Å². The number of aliphatic hydroxyl groups is 2. The van der Waals surface area contributed by atoms with Crippen LogP contribution in [0.2, 0.25) is 0 Å². The van der Waals surface area contributed by atoms with E-state index in [1.54, 1.807) is 0 Å². The number of rotatable bonds is 10. The molecule has 0 aliphatic heterocycles. The predicted molar refractivity (Wildman–Crippen MR) is 64.2 cm³/mol. The molecule has 0 aromatic carbocycles. The van der Waals surface area contributed by atoms with Crippen LogP contribution in [0.15, 0.2) is 0 Å². The quantitative estimate of drug-likeness (QED) is 0.226. The molecule has 0 aliphatic carbocycles. The Bertz CT molecular complexity index is 333. The van der Waals surface area contributed by atoms with Crippen LogP contribution in [-0.4, -0.2) is 63.4 Å². The third-order valence-electron chi connectivity index (χ3n) is 2.00. The number of aliphatic hydroxyl groups excluding tert-OH is 2. The van der Waals surface area contributed by atoms with Crippen molar-refractivity contribution < 1.29 is 93.9 Å². The average Bonchev–Trinajstić information content (AvgIpc) is 2.31. The second-order valence-electron chi connectivity index (χ2n) is 3.65.